The van der Waals surface area contributed by atoms with Crippen molar-refractivity contribution >= 4 is 22.3 Å². The molecule has 2 unspecified atom stereocenters. The molecule has 0 bridgehead atoms. The Labute approximate surface area is 125 Å². The third-order valence-corrected chi connectivity index (χ3v) is 3.57. The minimum Gasteiger partial charge on any atom is -0.394 e. The molecule has 0 saturated carbocycles. The minimum atomic E-state index is -5.01. The fourth-order valence-corrected chi connectivity index (χ4v) is 2.35. The van der Waals surface area contributed by atoms with Crippen LogP contribution in [-0.4, -0.2) is 63.8 Å². The van der Waals surface area contributed by atoms with E-state index < -0.39 is 48.4 Å². The predicted molar refractivity (Wildman–Crippen MR) is 65.0 cm³/mol. The lowest BCUT2D eigenvalue weighted by Crippen LogP contribution is -2.53. The van der Waals surface area contributed by atoms with E-state index in [9.17, 15) is 28.2 Å². The molecule has 4 atom stereocenters. The molecule has 2 heterocycles. The summed E-state index contributed by atoms with van der Waals surface area (Å²) in [7, 11) is 0. The highest BCUT2D eigenvalue weighted by Gasteiger charge is 2.41. The van der Waals surface area contributed by atoms with Crippen LogP contribution in [0.4, 0.5) is 18.3 Å². The van der Waals surface area contributed by atoms with Crippen molar-refractivity contribution in [2.24, 2.45) is 0 Å². The summed E-state index contributed by atoms with van der Waals surface area (Å²) in [4.78, 5) is 13.9. The van der Waals surface area contributed by atoms with Crippen molar-refractivity contribution in [3.8, 4) is 0 Å². The highest BCUT2D eigenvalue weighted by Crippen LogP contribution is 2.28. The van der Waals surface area contributed by atoms with Gasteiger partial charge in [-0.3, -0.25) is 4.79 Å². The van der Waals surface area contributed by atoms with Crippen LogP contribution in [-0.2, 0) is 9.47 Å². The van der Waals surface area contributed by atoms with Crippen molar-refractivity contribution in [3.05, 3.63) is 11.1 Å². The van der Waals surface area contributed by atoms with Gasteiger partial charge in [-0.15, -0.1) is 0 Å². The van der Waals surface area contributed by atoms with Gasteiger partial charge in [-0.05, 0) is 0 Å². The number of aromatic nitrogens is 1. The number of ketones is 1. The first-order valence-corrected chi connectivity index (χ1v) is 6.66. The van der Waals surface area contributed by atoms with Crippen molar-refractivity contribution < 1.29 is 42.8 Å². The normalized spacial score (nSPS) is 29.4. The Morgan fingerprint density at radius 2 is 2.09 bits per heavy atom. The maximum atomic E-state index is 12.3. The molecule has 1 aromatic rings. The lowest BCUT2D eigenvalue weighted by Gasteiger charge is -2.36. The molecule has 0 spiro atoms. The zero-order valence-electron chi connectivity index (χ0n) is 10.6. The predicted octanol–water partition coefficient (Wildman–Crippen LogP) is -0.329. The van der Waals surface area contributed by atoms with Crippen molar-refractivity contribution in [2.45, 2.75) is 31.1 Å². The highest BCUT2D eigenvalue weighted by molar-refractivity contribution is 7.17. The Kier molecular flexibility index (Phi) is 4.99. The van der Waals surface area contributed by atoms with Gasteiger partial charge in [-0.2, -0.15) is 13.2 Å². The number of carbonyl (C=O) groups excluding carboxylic acids is 1. The van der Waals surface area contributed by atoms with Gasteiger partial charge in [0.1, 0.15) is 17.1 Å². The summed E-state index contributed by atoms with van der Waals surface area (Å²) >= 11 is 0.414. The van der Waals surface area contributed by atoms with Gasteiger partial charge < -0.3 is 30.1 Å². The summed E-state index contributed by atoms with van der Waals surface area (Å²) in [5, 5.41) is 30.0. The Hall–Kier alpha value is -1.31. The monoisotopic (exact) mass is 344 g/mol. The van der Waals surface area contributed by atoms with E-state index in [-0.39, 0.29) is 5.13 Å². The van der Waals surface area contributed by atoms with E-state index in [1.165, 1.54) is 0 Å². The molecule has 0 radical (unpaired) electrons. The second-order valence-electron chi connectivity index (χ2n) is 4.21. The molecule has 0 amide bonds. The van der Waals surface area contributed by atoms with E-state index >= 15 is 0 Å². The Bertz CT molecular complexity index is 539. The molecule has 0 aliphatic carbocycles. The molecule has 1 aliphatic rings. The van der Waals surface area contributed by atoms with Gasteiger partial charge in [0.2, 0.25) is 6.41 Å². The van der Waals surface area contributed by atoms with Crippen molar-refractivity contribution in [1.82, 2.24) is 4.98 Å². The Balaban J connectivity index is 2.03. The average Bonchev–Trinajstić information content (AvgIpc) is 2.89. The van der Waals surface area contributed by atoms with E-state index in [0.29, 0.717) is 11.3 Å². The van der Waals surface area contributed by atoms with Crippen molar-refractivity contribution in [3.63, 3.8) is 0 Å². The largest absolute Gasteiger partial charge is 0.455 e. The molecule has 4 N–H and O–H groups in total. The van der Waals surface area contributed by atoms with Gasteiger partial charge in [0, 0.05) is 0 Å². The lowest BCUT2D eigenvalue weighted by atomic mass is 10.2. The number of rotatable bonds is 4. The maximum absolute atomic E-state index is 12.3. The standard InChI is InChI=1S/C10H11F3N2O6S/c11-10(12,13)6(18)4-1-14-8(22-4)15-9-20-3(2-16)5(17)7(19)21-9/h1,3,5,7,9,16-17,19H,2H2,(H,14,15)/t3?,5-,7?,9+/m1/s1. The fraction of sp³-hybridized carbons (Fsp3) is 0.600. The summed E-state index contributed by atoms with van der Waals surface area (Å²) < 4.78 is 46.6. The second kappa shape index (κ2) is 6.44. The molecule has 12 heteroatoms. The molecular weight excluding hydrogens is 333 g/mol. The van der Waals surface area contributed by atoms with E-state index in [4.69, 9.17) is 14.6 Å². The number of nitrogens with zero attached hydrogens (tertiary/aromatic N) is 1. The number of Topliss-reactive ketones (excluding diaryl/α,β-unsaturated/α-hetero) is 1. The summed E-state index contributed by atoms with van der Waals surface area (Å²) in [6.07, 6.45) is -9.95. The minimum absolute atomic E-state index is 0.127. The first kappa shape index (κ1) is 17.1. The average molecular weight is 344 g/mol. The number of nitrogens with one attached hydrogen (secondary N) is 1. The quantitative estimate of drug-likeness (QED) is 0.548. The highest BCUT2D eigenvalue weighted by atomic mass is 32.1. The molecule has 1 fully saturated rings. The van der Waals surface area contributed by atoms with Crippen LogP contribution >= 0.6 is 11.3 Å². The molecule has 0 aromatic carbocycles. The van der Waals surface area contributed by atoms with Crippen LogP contribution < -0.4 is 5.32 Å². The van der Waals surface area contributed by atoms with Gasteiger partial charge in [0.05, 0.1) is 12.8 Å². The molecule has 124 valence electrons. The van der Waals surface area contributed by atoms with E-state index in [1.807, 2.05) is 0 Å². The maximum Gasteiger partial charge on any atom is 0.455 e. The Morgan fingerprint density at radius 1 is 1.41 bits per heavy atom. The van der Waals surface area contributed by atoms with E-state index in [1.54, 1.807) is 0 Å². The topological polar surface area (TPSA) is 121 Å². The molecular formula is C10H11F3N2O6S. The number of hydrogen-bond donors (Lipinski definition) is 4. The first-order valence-electron chi connectivity index (χ1n) is 5.84. The first-order chi connectivity index (χ1) is 10.2. The van der Waals surface area contributed by atoms with Crippen molar-refractivity contribution in [1.29, 1.82) is 0 Å². The van der Waals surface area contributed by atoms with Crippen LogP contribution in [0.25, 0.3) is 0 Å². The smallest absolute Gasteiger partial charge is 0.394 e. The number of ether oxygens (including phenoxy) is 2. The molecule has 8 nitrogen and oxygen atoms in total. The SMILES string of the molecule is O=C(c1cnc(N[C@@H]2OC(O)[C@H](O)C(CO)O2)s1)C(F)(F)F. The fourth-order valence-electron chi connectivity index (χ4n) is 1.57. The van der Waals surface area contributed by atoms with Crippen LogP contribution in [0, 0.1) is 0 Å². The second-order valence-corrected chi connectivity index (χ2v) is 5.24. The molecule has 22 heavy (non-hydrogen) atoms. The van der Waals surface area contributed by atoms with Crippen LogP contribution in [0.5, 0.6) is 0 Å². The van der Waals surface area contributed by atoms with Crippen LogP contribution in [0.2, 0.25) is 0 Å². The van der Waals surface area contributed by atoms with Crippen LogP contribution in [0.15, 0.2) is 6.20 Å². The van der Waals surface area contributed by atoms with Gasteiger partial charge in [0.25, 0.3) is 5.78 Å². The zero-order chi connectivity index (χ0) is 16.5. The number of anilines is 1. The zero-order valence-corrected chi connectivity index (χ0v) is 11.5. The number of carbonyl (C=O) groups is 1. The summed E-state index contributed by atoms with van der Waals surface area (Å²) in [5.74, 6) is -2.03. The number of hydrogen-bond acceptors (Lipinski definition) is 9. The number of aliphatic hydroxyl groups is 3. The summed E-state index contributed by atoms with van der Waals surface area (Å²) in [6.45, 7) is -0.616. The third kappa shape index (κ3) is 3.71. The lowest BCUT2D eigenvalue weighted by molar-refractivity contribution is -0.328. The molecule has 1 aromatic heterocycles. The molecule has 1 aliphatic heterocycles. The Morgan fingerprint density at radius 3 is 2.68 bits per heavy atom. The molecule has 2 rings (SSSR count). The summed E-state index contributed by atoms with van der Waals surface area (Å²) in [6, 6.07) is 0. The van der Waals surface area contributed by atoms with Crippen molar-refractivity contribution in [2.75, 3.05) is 11.9 Å². The van der Waals surface area contributed by atoms with E-state index in [0.717, 1.165) is 6.20 Å². The molecule has 1 saturated heterocycles. The van der Waals surface area contributed by atoms with Gasteiger partial charge in [0.15, 0.2) is 11.4 Å². The number of thiazole rings is 1. The van der Waals surface area contributed by atoms with Gasteiger partial charge >= 0.3 is 6.18 Å². The third-order valence-electron chi connectivity index (χ3n) is 2.64. The van der Waals surface area contributed by atoms with Crippen LogP contribution in [0.1, 0.15) is 9.67 Å². The van der Waals surface area contributed by atoms with Crippen LogP contribution in [0.3, 0.4) is 0 Å². The number of aliphatic hydroxyl groups excluding tert-OH is 3. The summed E-state index contributed by atoms with van der Waals surface area (Å²) in [5.41, 5.74) is 0. The van der Waals surface area contributed by atoms with E-state index in [2.05, 4.69) is 10.3 Å². The van der Waals surface area contributed by atoms with Gasteiger partial charge in [-0.25, -0.2) is 4.98 Å². The van der Waals surface area contributed by atoms with Gasteiger partial charge in [-0.1, -0.05) is 11.3 Å². The number of alkyl halides is 3. The number of halogens is 3.